The highest BCUT2D eigenvalue weighted by Crippen LogP contribution is 2.19. The molecule has 1 heterocycles. The number of hydrogen-bond donors (Lipinski definition) is 3. The molecule has 1 rings (SSSR count). The minimum absolute atomic E-state index is 0.222. The Morgan fingerprint density at radius 2 is 2.00 bits per heavy atom. The Hall–Kier alpha value is -0.820. The van der Waals surface area contributed by atoms with E-state index in [0.29, 0.717) is 0 Å². The van der Waals surface area contributed by atoms with Gasteiger partial charge in [-0.3, -0.25) is 4.79 Å². The molecule has 100 valence electrons. The van der Waals surface area contributed by atoms with E-state index in [4.69, 9.17) is 5.11 Å². The molecule has 1 aliphatic rings. The van der Waals surface area contributed by atoms with Gasteiger partial charge in [-0.1, -0.05) is 0 Å². The average molecular weight is 254 g/mol. The molecule has 0 aliphatic carbocycles. The number of carbonyl (C=O) groups is 1. The van der Waals surface area contributed by atoms with Crippen LogP contribution in [0.5, 0.6) is 0 Å². The first-order valence-corrected chi connectivity index (χ1v) is 5.62. The van der Waals surface area contributed by atoms with Gasteiger partial charge in [-0.2, -0.15) is 13.2 Å². The third-order valence-corrected chi connectivity index (χ3v) is 2.80. The van der Waals surface area contributed by atoms with Crippen molar-refractivity contribution in [3.63, 3.8) is 0 Å². The van der Waals surface area contributed by atoms with Gasteiger partial charge < -0.3 is 15.7 Å². The lowest BCUT2D eigenvalue weighted by Crippen LogP contribution is -2.41. The largest absolute Gasteiger partial charge is 0.416 e. The summed E-state index contributed by atoms with van der Waals surface area (Å²) >= 11 is 0. The number of carbonyl (C=O) groups excluding carboxylic acids is 1. The molecule has 0 aromatic heterocycles. The highest BCUT2D eigenvalue weighted by molar-refractivity contribution is 5.76. The molecular weight excluding hydrogens is 237 g/mol. The fourth-order valence-corrected chi connectivity index (χ4v) is 1.75. The Morgan fingerprint density at radius 3 is 2.53 bits per heavy atom. The van der Waals surface area contributed by atoms with E-state index < -0.39 is 24.7 Å². The standard InChI is InChI=1S/C10H17F3N2O2/c11-10(12,13)8(16)6-15-9(17)5-7-1-3-14-4-2-7/h7-8,14,16H,1-6H2,(H,15,17). The Balaban J connectivity index is 2.20. The maximum absolute atomic E-state index is 11.9. The smallest absolute Gasteiger partial charge is 0.382 e. The van der Waals surface area contributed by atoms with E-state index in [1.165, 1.54) is 0 Å². The molecule has 0 bridgehead atoms. The van der Waals surface area contributed by atoms with Gasteiger partial charge in [0, 0.05) is 6.42 Å². The van der Waals surface area contributed by atoms with Crippen LogP contribution in [0.1, 0.15) is 19.3 Å². The summed E-state index contributed by atoms with van der Waals surface area (Å²) in [7, 11) is 0. The van der Waals surface area contributed by atoms with Gasteiger partial charge in [0.25, 0.3) is 0 Å². The van der Waals surface area contributed by atoms with Crippen molar-refractivity contribution in [3.8, 4) is 0 Å². The van der Waals surface area contributed by atoms with E-state index in [0.717, 1.165) is 25.9 Å². The van der Waals surface area contributed by atoms with Crippen molar-refractivity contribution in [2.45, 2.75) is 31.5 Å². The minimum atomic E-state index is -4.68. The Kier molecular flexibility index (Phi) is 5.20. The Morgan fingerprint density at radius 1 is 1.41 bits per heavy atom. The molecule has 1 saturated heterocycles. The number of aliphatic hydroxyl groups excluding tert-OH is 1. The molecule has 0 aromatic rings. The lowest BCUT2D eigenvalue weighted by molar-refractivity contribution is -0.201. The summed E-state index contributed by atoms with van der Waals surface area (Å²) in [5.41, 5.74) is 0. The summed E-state index contributed by atoms with van der Waals surface area (Å²) in [6.45, 7) is 0.902. The van der Waals surface area contributed by atoms with E-state index in [2.05, 4.69) is 10.6 Å². The fraction of sp³-hybridized carbons (Fsp3) is 0.900. The number of rotatable bonds is 4. The lowest BCUT2D eigenvalue weighted by atomic mass is 9.94. The predicted molar refractivity (Wildman–Crippen MR) is 55.3 cm³/mol. The zero-order valence-corrected chi connectivity index (χ0v) is 9.39. The van der Waals surface area contributed by atoms with E-state index in [1.807, 2.05) is 0 Å². The first-order valence-electron chi connectivity index (χ1n) is 5.62. The zero-order chi connectivity index (χ0) is 12.9. The summed E-state index contributed by atoms with van der Waals surface area (Å²) in [5.74, 6) is -0.209. The van der Waals surface area contributed by atoms with Crippen molar-refractivity contribution < 1.29 is 23.1 Å². The van der Waals surface area contributed by atoms with E-state index in [-0.39, 0.29) is 12.3 Å². The van der Waals surface area contributed by atoms with Crippen molar-refractivity contribution in [1.82, 2.24) is 10.6 Å². The molecule has 0 radical (unpaired) electrons. The van der Waals surface area contributed by atoms with Gasteiger partial charge >= 0.3 is 6.18 Å². The first kappa shape index (κ1) is 14.2. The SMILES string of the molecule is O=C(CC1CCNCC1)NCC(O)C(F)(F)F. The molecule has 17 heavy (non-hydrogen) atoms. The van der Waals surface area contributed by atoms with E-state index >= 15 is 0 Å². The number of halogens is 3. The average Bonchev–Trinajstić information content (AvgIpc) is 2.26. The quantitative estimate of drug-likeness (QED) is 0.681. The molecule has 7 heteroatoms. The Bertz CT molecular complexity index is 252. The summed E-state index contributed by atoms with van der Waals surface area (Å²) in [4.78, 5) is 11.3. The molecule has 0 saturated carbocycles. The molecule has 3 N–H and O–H groups in total. The summed E-state index contributed by atoms with van der Waals surface area (Å²) in [6.07, 6.45) is -5.22. The van der Waals surface area contributed by atoms with Crippen molar-refractivity contribution in [2.24, 2.45) is 5.92 Å². The third-order valence-electron chi connectivity index (χ3n) is 2.80. The third kappa shape index (κ3) is 5.36. The van der Waals surface area contributed by atoms with Gasteiger partial charge in [0.05, 0.1) is 6.54 Å². The van der Waals surface area contributed by atoms with Crippen LogP contribution in [0.4, 0.5) is 13.2 Å². The van der Waals surface area contributed by atoms with Crippen LogP contribution in [0, 0.1) is 5.92 Å². The second-order valence-electron chi connectivity index (χ2n) is 4.26. The number of piperidine rings is 1. The predicted octanol–water partition coefficient (Wildman–Crippen LogP) is 0.415. The van der Waals surface area contributed by atoms with Crippen LogP contribution in [-0.2, 0) is 4.79 Å². The fourth-order valence-electron chi connectivity index (χ4n) is 1.75. The molecule has 1 fully saturated rings. The van der Waals surface area contributed by atoms with Crippen molar-refractivity contribution >= 4 is 5.91 Å². The second kappa shape index (κ2) is 6.20. The molecule has 1 aliphatic heterocycles. The number of aliphatic hydroxyl groups is 1. The molecular formula is C10H17F3N2O2. The van der Waals surface area contributed by atoms with Crippen molar-refractivity contribution in [2.75, 3.05) is 19.6 Å². The van der Waals surface area contributed by atoms with Crippen LogP contribution in [0.3, 0.4) is 0 Å². The first-order chi connectivity index (χ1) is 7.89. The van der Waals surface area contributed by atoms with Crippen LogP contribution in [0.25, 0.3) is 0 Å². The van der Waals surface area contributed by atoms with Crippen LogP contribution >= 0.6 is 0 Å². The highest BCUT2D eigenvalue weighted by atomic mass is 19.4. The molecule has 1 amide bonds. The number of amides is 1. The lowest BCUT2D eigenvalue weighted by Gasteiger charge is -2.22. The monoisotopic (exact) mass is 254 g/mol. The van der Waals surface area contributed by atoms with Crippen LogP contribution < -0.4 is 10.6 Å². The van der Waals surface area contributed by atoms with Gasteiger partial charge in [0.15, 0.2) is 6.10 Å². The van der Waals surface area contributed by atoms with Crippen molar-refractivity contribution in [3.05, 3.63) is 0 Å². The number of alkyl halides is 3. The maximum Gasteiger partial charge on any atom is 0.416 e. The van der Waals surface area contributed by atoms with Gasteiger partial charge in [0.1, 0.15) is 0 Å². The van der Waals surface area contributed by atoms with Crippen LogP contribution in [-0.4, -0.2) is 42.9 Å². The van der Waals surface area contributed by atoms with Crippen LogP contribution in [0.15, 0.2) is 0 Å². The molecule has 1 atom stereocenters. The van der Waals surface area contributed by atoms with Crippen LogP contribution in [0.2, 0.25) is 0 Å². The molecule has 1 unspecified atom stereocenters. The molecule has 0 aromatic carbocycles. The van der Waals surface area contributed by atoms with Gasteiger partial charge in [0.2, 0.25) is 5.91 Å². The zero-order valence-electron chi connectivity index (χ0n) is 9.39. The summed E-state index contributed by atoms with van der Waals surface area (Å²) in [5, 5.41) is 13.9. The topological polar surface area (TPSA) is 61.4 Å². The van der Waals surface area contributed by atoms with Gasteiger partial charge in [-0.25, -0.2) is 0 Å². The minimum Gasteiger partial charge on any atom is -0.382 e. The van der Waals surface area contributed by atoms with E-state index in [1.54, 1.807) is 0 Å². The Labute approximate surface area is 97.6 Å². The maximum atomic E-state index is 11.9. The van der Waals surface area contributed by atoms with Crippen molar-refractivity contribution in [1.29, 1.82) is 0 Å². The normalized spacial score (nSPS) is 20.0. The molecule has 4 nitrogen and oxygen atoms in total. The second-order valence-corrected chi connectivity index (χ2v) is 4.26. The molecule has 0 spiro atoms. The van der Waals surface area contributed by atoms with Gasteiger partial charge in [-0.05, 0) is 31.8 Å². The number of nitrogens with one attached hydrogen (secondary N) is 2. The van der Waals surface area contributed by atoms with E-state index in [9.17, 15) is 18.0 Å². The highest BCUT2D eigenvalue weighted by Gasteiger charge is 2.38. The van der Waals surface area contributed by atoms with Gasteiger partial charge in [-0.15, -0.1) is 0 Å². The number of hydrogen-bond acceptors (Lipinski definition) is 3. The summed E-state index contributed by atoms with van der Waals surface area (Å²) in [6, 6.07) is 0. The summed E-state index contributed by atoms with van der Waals surface area (Å²) < 4.78 is 35.8.